The maximum Gasteiger partial charge on any atom is 0.330 e. The highest BCUT2D eigenvalue weighted by atomic mass is 16.8. The standard InChI is InChI=1S/C42H74O14/c1-6-9-12-15-16-19-22-25-33(45)55-39-37(49)35(47)29(5)52-42(39)56-40-38(50)36(48)28(4)51-41(40)54-31(24-21-18-14-11-8-3)27-34(46)53-30(26-32(43)44)23-20-17-13-10-7-2/h22,25,28-31,35-42,47-50H,6-21,23-24,26-27H2,1-5H3,(H,43,44)/b25-22+/t28?,29?,30?,31?,35-,36-,37?,38?,39-,40-,41?,42?/m0/s1. The van der Waals surface area contributed by atoms with Gasteiger partial charge >= 0.3 is 17.9 Å². The number of carbonyl (C=O) groups is 3. The van der Waals surface area contributed by atoms with Gasteiger partial charge in [-0.2, -0.15) is 0 Å². The smallest absolute Gasteiger partial charge is 0.330 e. The molecule has 0 spiro atoms. The highest BCUT2D eigenvalue weighted by Crippen LogP contribution is 2.32. The first kappa shape index (κ1) is 50.0. The van der Waals surface area contributed by atoms with E-state index in [1.54, 1.807) is 13.0 Å². The molecule has 0 aromatic carbocycles. The van der Waals surface area contributed by atoms with Gasteiger partial charge in [0.1, 0.15) is 36.6 Å². The van der Waals surface area contributed by atoms with Crippen molar-refractivity contribution in [3.63, 3.8) is 0 Å². The van der Waals surface area contributed by atoms with Gasteiger partial charge in [-0.1, -0.05) is 110 Å². The molecule has 326 valence electrons. The van der Waals surface area contributed by atoms with E-state index < -0.39 is 91.5 Å². The molecule has 0 bridgehead atoms. The average Bonchev–Trinajstić information content (AvgIpc) is 3.15. The third-order valence-electron chi connectivity index (χ3n) is 10.5. The van der Waals surface area contributed by atoms with Crippen molar-refractivity contribution in [3.8, 4) is 0 Å². The fourth-order valence-electron chi connectivity index (χ4n) is 7.04. The number of aliphatic carboxylic acids is 1. The molecular formula is C42H74O14. The number of rotatable bonds is 29. The average molecular weight is 803 g/mol. The highest BCUT2D eigenvalue weighted by molar-refractivity contribution is 5.82. The van der Waals surface area contributed by atoms with E-state index in [2.05, 4.69) is 20.8 Å². The molecule has 2 saturated heterocycles. The maximum atomic E-state index is 13.4. The van der Waals surface area contributed by atoms with E-state index in [4.69, 9.17) is 28.4 Å². The Morgan fingerprint density at radius 1 is 0.625 bits per heavy atom. The molecule has 0 aromatic heterocycles. The number of allylic oxidation sites excluding steroid dienone is 1. The normalized spacial score (nSPS) is 29.2. The van der Waals surface area contributed by atoms with Crippen molar-refractivity contribution in [2.75, 3.05) is 0 Å². The van der Waals surface area contributed by atoms with Crippen LogP contribution in [0.2, 0.25) is 0 Å². The topological polar surface area (TPSA) is 208 Å². The van der Waals surface area contributed by atoms with Gasteiger partial charge in [-0.3, -0.25) is 9.59 Å². The quantitative estimate of drug-likeness (QED) is 0.0333. The lowest BCUT2D eigenvalue weighted by Crippen LogP contribution is -2.64. The second-order valence-corrected chi connectivity index (χ2v) is 15.6. The Balaban J connectivity index is 2.25. The Morgan fingerprint density at radius 2 is 1.12 bits per heavy atom. The lowest BCUT2D eigenvalue weighted by molar-refractivity contribution is -0.366. The maximum absolute atomic E-state index is 13.4. The van der Waals surface area contributed by atoms with Crippen molar-refractivity contribution < 1.29 is 68.3 Å². The zero-order valence-corrected chi connectivity index (χ0v) is 34.6. The second kappa shape index (κ2) is 28.3. The van der Waals surface area contributed by atoms with Crippen LogP contribution in [0, 0.1) is 0 Å². The molecule has 5 N–H and O–H groups in total. The van der Waals surface area contributed by atoms with E-state index in [1.165, 1.54) is 13.0 Å². The minimum atomic E-state index is -1.61. The van der Waals surface area contributed by atoms with Crippen LogP contribution in [0.4, 0.5) is 0 Å². The van der Waals surface area contributed by atoms with Crippen molar-refractivity contribution in [1.29, 1.82) is 0 Å². The van der Waals surface area contributed by atoms with Crippen molar-refractivity contribution in [1.82, 2.24) is 0 Å². The Kier molecular flexibility index (Phi) is 25.2. The van der Waals surface area contributed by atoms with Gasteiger partial charge < -0.3 is 54.0 Å². The first-order valence-corrected chi connectivity index (χ1v) is 21.4. The lowest BCUT2D eigenvalue weighted by Gasteiger charge is -2.46. The van der Waals surface area contributed by atoms with Crippen molar-refractivity contribution in [2.24, 2.45) is 0 Å². The van der Waals surface area contributed by atoms with E-state index in [0.29, 0.717) is 25.7 Å². The summed E-state index contributed by atoms with van der Waals surface area (Å²) in [7, 11) is 0. The van der Waals surface area contributed by atoms with Gasteiger partial charge in [-0.15, -0.1) is 0 Å². The van der Waals surface area contributed by atoms with Crippen LogP contribution in [0.1, 0.15) is 163 Å². The lowest BCUT2D eigenvalue weighted by atomic mass is 9.97. The minimum absolute atomic E-state index is 0.230. The molecule has 0 aliphatic carbocycles. The van der Waals surface area contributed by atoms with Crippen molar-refractivity contribution in [2.45, 2.75) is 237 Å². The summed E-state index contributed by atoms with van der Waals surface area (Å²) in [5.74, 6) is -2.48. The van der Waals surface area contributed by atoms with Gasteiger partial charge in [-0.05, 0) is 46.0 Å². The first-order valence-electron chi connectivity index (χ1n) is 21.4. The van der Waals surface area contributed by atoms with Crippen LogP contribution in [-0.4, -0.2) is 117 Å². The number of carbonyl (C=O) groups excluding carboxylic acids is 2. The molecular weight excluding hydrogens is 728 g/mol. The van der Waals surface area contributed by atoms with Crippen LogP contribution < -0.4 is 0 Å². The zero-order chi connectivity index (χ0) is 41.5. The number of aliphatic hydroxyl groups excluding tert-OH is 4. The molecule has 2 fully saturated rings. The van der Waals surface area contributed by atoms with Gasteiger partial charge in [0.05, 0.1) is 31.2 Å². The molecule has 2 heterocycles. The molecule has 14 heteroatoms. The van der Waals surface area contributed by atoms with Gasteiger partial charge in [0.25, 0.3) is 0 Å². The first-order chi connectivity index (χ1) is 26.8. The second-order valence-electron chi connectivity index (χ2n) is 15.6. The summed E-state index contributed by atoms with van der Waals surface area (Å²) in [5, 5.41) is 53.3. The van der Waals surface area contributed by atoms with Crippen LogP contribution in [0.5, 0.6) is 0 Å². The SMILES string of the molecule is CCCCCCC/C=C/C(=O)O[C@@H]1C(O[C@@H]2C(OC(CCCCCCC)CC(=O)OC(CCCCCCC)CC(=O)O)OC(C)[C@H](O)C2O)OC(C)[C@H](O)C1O. The fraction of sp³-hybridized carbons (Fsp3) is 0.881. The molecule has 0 radical (unpaired) electrons. The molecule has 2 aliphatic rings. The minimum Gasteiger partial charge on any atom is -0.481 e. The third kappa shape index (κ3) is 18.6. The summed E-state index contributed by atoms with van der Waals surface area (Å²) in [6.07, 6.45) is 3.27. The van der Waals surface area contributed by atoms with E-state index in [1.807, 2.05) is 0 Å². The summed E-state index contributed by atoms with van der Waals surface area (Å²) >= 11 is 0. The summed E-state index contributed by atoms with van der Waals surface area (Å²) in [6, 6.07) is 0. The van der Waals surface area contributed by atoms with Gasteiger partial charge in [0, 0.05) is 6.08 Å². The Bertz CT molecular complexity index is 1120. The fourth-order valence-corrected chi connectivity index (χ4v) is 7.04. The van der Waals surface area contributed by atoms with Crippen LogP contribution in [-0.2, 0) is 42.8 Å². The largest absolute Gasteiger partial charge is 0.481 e. The zero-order valence-electron chi connectivity index (χ0n) is 34.6. The molecule has 0 saturated carbocycles. The molecule has 2 rings (SSSR count). The predicted molar refractivity (Wildman–Crippen MR) is 208 cm³/mol. The number of carboxylic acids is 1. The molecule has 14 nitrogen and oxygen atoms in total. The van der Waals surface area contributed by atoms with Gasteiger partial charge in [0.2, 0.25) is 0 Å². The molecule has 12 atom stereocenters. The van der Waals surface area contributed by atoms with Gasteiger partial charge in [-0.25, -0.2) is 4.79 Å². The summed E-state index contributed by atoms with van der Waals surface area (Å²) < 4.78 is 35.7. The number of ether oxygens (including phenoxy) is 6. The van der Waals surface area contributed by atoms with Crippen molar-refractivity contribution in [3.05, 3.63) is 12.2 Å². The molecule has 8 unspecified atom stereocenters. The van der Waals surface area contributed by atoms with E-state index >= 15 is 0 Å². The predicted octanol–water partition coefficient (Wildman–Crippen LogP) is 6.02. The summed E-state index contributed by atoms with van der Waals surface area (Å²) in [4.78, 5) is 37.8. The number of hydrogen-bond acceptors (Lipinski definition) is 13. The molecule has 2 aliphatic heterocycles. The van der Waals surface area contributed by atoms with E-state index in [0.717, 1.165) is 89.9 Å². The number of hydrogen-bond donors (Lipinski definition) is 5. The Morgan fingerprint density at radius 3 is 1.68 bits per heavy atom. The molecule has 0 aromatic rings. The number of aliphatic hydroxyl groups is 4. The van der Waals surface area contributed by atoms with E-state index in [-0.39, 0.29) is 12.8 Å². The van der Waals surface area contributed by atoms with Crippen LogP contribution in [0.15, 0.2) is 12.2 Å². The monoisotopic (exact) mass is 803 g/mol. The highest BCUT2D eigenvalue weighted by Gasteiger charge is 2.51. The van der Waals surface area contributed by atoms with Crippen LogP contribution >= 0.6 is 0 Å². The number of carboxylic acid groups (broad SMARTS) is 1. The van der Waals surface area contributed by atoms with E-state index in [9.17, 15) is 39.9 Å². The third-order valence-corrected chi connectivity index (χ3v) is 10.5. The number of esters is 2. The number of unbranched alkanes of at least 4 members (excludes halogenated alkanes) is 13. The molecule has 0 amide bonds. The summed E-state index contributed by atoms with van der Waals surface area (Å²) in [6.45, 7) is 9.40. The van der Waals surface area contributed by atoms with Crippen LogP contribution in [0.3, 0.4) is 0 Å². The van der Waals surface area contributed by atoms with Crippen molar-refractivity contribution >= 4 is 17.9 Å². The Hall–Kier alpha value is -2.17. The molecule has 56 heavy (non-hydrogen) atoms. The summed E-state index contributed by atoms with van der Waals surface area (Å²) in [5.41, 5.74) is 0. The van der Waals surface area contributed by atoms with Crippen LogP contribution in [0.25, 0.3) is 0 Å². The Labute approximate surface area is 334 Å². The van der Waals surface area contributed by atoms with Gasteiger partial charge in [0.15, 0.2) is 18.7 Å².